The summed E-state index contributed by atoms with van der Waals surface area (Å²) >= 11 is 0. The van der Waals surface area contributed by atoms with Crippen molar-refractivity contribution in [3.8, 4) is 0 Å². The molecular formula is C10H13BN2O2. The first-order chi connectivity index (χ1) is 7.11. The van der Waals surface area contributed by atoms with Gasteiger partial charge >= 0.3 is 7.12 Å². The van der Waals surface area contributed by atoms with E-state index in [0.717, 1.165) is 23.3 Å². The van der Waals surface area contributed by atoms with Gasteiger partial charge in [0, 0.05) is 17.9 Å². The van der Waals surface area contributed by atoms with E-state index < -0.39 is 7.12 Å². The third-order valence-electron chi connectivity index (χ3n) is 2.44. The van der Waals surface area contributed by atoms with E-state index in [-0.39, 0.29) is 0 Å². The summed E-state index contributed by atoms with van der Waals surface area (Å²) in [5.41, 5.74) is 3.33. The lowest BCUT2D eigenvalue weighted by molar-refractivity contribution is 0.426. The van der Waals surface area contributed by atoms with Crippen molar-refractivity contribution >= 4 is 18.1 Å². The fourth-order valence-corrected chi connectivity index (χ4v) is 1.74. The van der Waals surface area contributed by atoms with Gasteiger partial charge in [0.1, 0.15) is 0 Å². The maximum atomic E-state index is 9.08. The fourth-order valence-electron chi connectivity index (χ4n) is 1.74. The maximum Gasteiger partial charge on any atom is 0.490 e. The third kappa shape index (κ3) is 1.76. The van der Waals surface area contributed by atoms with E-state index in [1.165, 1.54) is 0 Å². The van der Waals surface area contributed by atoms with Crippen molar-refractivity contribution in [3.63, 3.8) is 0 Å². The smallest absolute Gasteiger partial charge is 0.423 e. The summed E-state index contributed by atoms with van der Waals surface area (Å²) in [5, 5.41) is 18.2. The Balaban J connectivity index is 2.68. The number of rotatable bonds is 2. The minimum absolute atomic E-state index is 0.497. The van der Waals surface area contributed by atoms with Crippen LogP contribution in [0.4, 0.5) is 0 Å². The van der Waals surface area contributed by atoms with Crippen LogP contribution in [0.15, 0.2) is 18.5 Å². The molecule has 2 aromatic rings. The standard InChI is InChI=1S/C10H13BN2O2/c1-3-9-10-4-8(11(14)15)6-13(10)5-7(2)12-9/h4-6,14-15H,3H2,1-2H3. The normalized spacial score (nSPS) is 10.9. The molecule has 0 unspecified atom stereocenters. The van der Waals surface area contributed by atoms with Crippen molar-refractivity contribution in [2.45, 2.75) is 20.3 Å². The van der Waals surface area contributed by atoms with Crippen molar-refractivity contribution in [3.05, 3.63) is 29.8 Å². The van der Waals surface area contributed by atoms with Gasteiger partial charge in [-0.3, -0.25) is 4.98 Å². The van der Waals surface area contributed by atoms with Gasteiger partial charge in [0.15, 0.2) is 0 Å². The lowest BCUT2D eigenvalue weighted by atomic mass is 9.83. The second-order valence-electron chi connectivity index (χ2n) is 3.62. The molecule has 0 spiro atoms. The van der Waals surface area contributed by atoms with Gasteiger partial charge in [0.05, 0.1) is 16.9 Å². The van der Waals surface area contributed by atoms with Crippen LogP contribution >= 0.6 is 0 Å². The maximum absolute atomic E-state index is 9.08. The number of fused-ring (bicyclic) bond motifs is 1. The molecule has 2 N–H and O–H groups in total. The van der Waals surface area contributed by atoms with Crippen LogP contribution in [0.1, 0.15) is 18.3 Å². The van der Waals surface area contributed by atoms with Crippen LogP contribution in [0.25, 0.3) is 5.52 Å². The van der Waals surface area contributed by atoms with E-state index in [2.05, 4.69) is 4.98 Å². The first kappa shape index (κ1) is 10.2. The molecule has 0 aliphatic rings. The molecule has 0 radical (unpaired) electrons. The van der Waals surface area contributed by atoms with E-state index in [1.54, 1.807) is 12.3 Å². The van der Waals surface area contributed by atoms with Crippen LogP contribution in [0.2, 0.25) is 0 Å². The highest BCUT2D eigenvalue weighted by Gasteiger charge is 2.14. The Morgan fingerprint density at radius 1 is 1.40 bits per heavy atom. The van der Waals surface area contributed by atoms with Crippen LogP contribution in [-0.2, 0) is 6.42 Å². The third-order valence-corrected chi connectivity index (χ3v) is 2.44. The average Bonchev–Trinajstić information content (AvgIpc) is 2.59. The van der Waals surface area contributed by atoms with Crippen LogP contribution in [0.5, 0.6) is 0 Å². The van der Waals surface area contributed by atoms with Crippen LogP contribution < -0.4 is 5.46 Å². The van der Waals surface area contributed by atoms with Gasteiger partial charge in [-0.05, 0) is 19.4 Å². The molecule has 15 heavy (non-hydrogen) atoms. The number of nitrogens with zero attached hydrogens (tertiary/aromatic N) is 2. The van der Waals surface area contributed by atoms with E-state index in [4.69, 9.17) is 10.0 Å². The molecule has 0 saturated carbocycles. The Labute approximate surface area is 88.3 Å². The SMILES string of the molecule is CCc1nc(C)cn2cc(B(O)O)cc12. The van der Waals surface area contributed by atoms with Crippen molar-refractivity contribution in [1.29, 1.82) is 0 Å². The van der Waals surface area contributed by atoms with Crippen molar-refractivity contribution < 1.29 is 10.0 Å². The fraction of sp³-hybridized carbons (Fsp3) is 0.300. The second-order valence-corrected chi connectivity index (χ2v) is 3.62. The zero-order valence-corrected chi connectivity index (χ0v) is 8.81. The highest BCUT2D eigenvalue weighted by atomic mass is 16.4. The summed E-state index contributed by atoms with van der Waals surface area (Å²) in [5.74, 6) is 0. The molecule has 0 amide bonds. The van der Waals surface area contributed by atoms with Crippen LogP contribution in [-0.4, -0.2) is 26.6 Å². The van der Waals surface area contributed by atoms with Gasteiger partial charge in [0.25, 0.3) is 0 Å². The number of aromatic nitrogens is 2. The largest absolute Gasteiger partial charge is 0.490 e. The first-order valence-electron chi connectivity index (χ1n) is 4.96. The lowest BCUT2D eigenvalue weighted by Crippen LogP contribution is -2.28. The quantitative estimate of drug-likeness (QED) is 0.670. The molecule has 0 bridgehead atoms. The van der Waals surface area contributed by atoms with Crippen LogP contribution in [0, 0.1) is 6.92 Å². The summed E-state index contributed by atoms with van der Waals surface area (Å²) < 4.78 is 1.88. The van der Waals surface area contributed by atoms with Crippen molar-refractivity contribution in [2.75, 3.05) is 0 Å². The number of hydrogen-bond donors (Lipinski definition) is 2. The second kappa shape index (κ2) is 3.68. The summed E-state index contributed by atoms with van der Waals surface area (Å²) in [4.78, 5) is 4.41. The Morgan fingerprint density at radius 2 is 2.13 bits per heavy atom. The van der Waals surface area contributed by atoms with E-state index >= 15 is 0 Å². The first-order valence-corrected chi connectivity index (χ1v) is 4.96. The van der Waals surface area contributed by atoms with Gasteiger partial charge in [-0.2, -0.15) is 0 Å². The zero-order chi connectivity index (χ0) is 11.0. The van der Waals surface area contributed by atoms with Gasteiger partial charge in [-0.25, -0.2) is 0 Å². The molecule has 0 aromatic carbocycles. The van der Waals surface area contributed by atoms with Gasteiger partial charge in [-0.15, -0.1) is 0 Å². The minimum atomic E-state index is -1.42. The molecule has 0 atom stereocenters. The zero-order valence-electron chi connectivity index (χ0n) is 8.81. The highest BCUT2D eigenvalue weighted by molar-refractivity contribution is 6.58. The molecule has 0 fully saturated rings. The number of aryl methyl sites for hydroxylation is 2. The Kier molecular flexibility index (Phi) is 2.50. The molecule has 0 saturated heterocycles. The summed E-state index contributed by atoms with van der Waals surface area (Å²) in [7, 11) is -1.42. The monoisotopic (exact) mass is 204 g/mol. The Hall–Kier alpha value is -1.33. The van der Waals surface area contributed by atoms with Crippen molar-refractivity contribution in [2.24, 2.45) is 0 Å². The van der Waals surface area contributed by atoms with Gasteiger partial charge < -0.3 is 14.4 Å². The molecule has 2 heterocycles. The van der Waals surface area contributed by atoms with Gasteiger partial charge in [-0.1, -0.05) is 6.92 Å². The number of hydrogen-bond acceptors (Lipinski definition) is 3. The Morgan fingerprint density at radius 3 is 2.73 bits per heavy atom. The molecule has 0 aliphatic carbocycles. The molecule has 2 aromatic heterocycles. The highest BCUT2D eigenvalue weighted by Crippen LogP contribution is 2.10. The summed E-state index contributed by atoms with van der Waals surface area (Å²) in [6.45, 7) is 3.96. The van der Waals surface area contributed by atoms with Crippen molar-refractivity contribution in [1.82, 2.24) is 9.38 Å². The van der Waals surface area contributed by atoms with Gasteiger partial charge in [0.2, 0.25) is 0 Å². The topological polar surface area (TPSA) is 57.8 Å². The molecule has 78 valence electrons. The predicted molar refractivity (Wildman–Crippen MR) is 59.1 cm³/mol. The minimum Gasteiger partial charge on any atom is -0.423 e. The average molecular weight is 204 g/mol. The van der Waals surface area contributed by atoms with E-state index in [1.807, 2.05) is 24.4 Å². The Bertz CT molecular complexity index is 493. The predicted octanol–water partition coefficient (Wildman–Crippen LogP) is -0.115. The molecule has 0 aliphatic heterocycles. The van der Waals surface area contributed by atoms with E-state index in [9.17, 15) is 0 Å². The molecule has 4 nitrogen and oxygen atoms in total. The summed E-state index contributed by atoms with van der Waals surface area (Å²) in [6.07, 6.45) is 4.42. The van der Waals surface area contributed by atoms with E-state index in [0.29, 0.717) is 5.46 Å². The molecular weight excluding hydrogens is 191 g/mol. The van der Waals surface area contributed by atoms with Crippen LogP contribution in [0.3, 0.4) is 0 Å². The molecule has 2 rings (SSSR count). The molecule has 5 heteroatoms. The summed E-state index contributed by atoms with van der Waals surface area (Å²) in [6, 6.07) is 1.76. The lowest BCUT2D eigenvalue weighted by Gasteiger charge is -2.02.